The lowest BCUT2D eigenvalue weighted by Gasteiger charge is -2.15. The number of esters is 2. The number of carbonyl (C=O) groups excluding carboxylic acids is 2. The number of allylic oxidation sites excluding steroid dienone is 8. The summed E-state index contributed by atoms with van der Waals surface area (Å²) in [5.41, 5.74) is 0. The fourth-order valence-corrected chi connectivity index (χ4v) is 6.39. The maximum atomic E-state index is 12.2. The van der Waals surface area contributed by atoms with Crippen LogP contribution in [0.1, 0.15) is 213 Å². The van der Waals surface area contributed by atoms with E-state index in [1.54, 1.807) is 0 Å². The molecule has 1 unspecified atom stereocenters. The van der Waals surface area contributed by atoms with E-state index in [0.29, 0.717) is 25.9 Å². The summed E-state index contributed by atoms with van der Waals surface area (Å²) < 4.78 is 10.6. The maximum absolute atomic E-state index is 12.2. The van der Waals surface area contributed by atoms with E-state index in [-0.39, 0.29) is 25.2 Å². The van der Waals surface area contributed by atoms with Gasteiger partial charge in [-0.3, -0.25) is 9.59 Å². The normalized spacial score (nSPS) is 13.2. The summed E-state index contributed by atoms with van der Waals surface area (Å²) in [7, 11) is 0. The third kappa shape index (κ3) is 41.0. The van der Waals surface area contributed by atoms with Crippen LogP contribution in [0, 0.1) is 5.92 Å². The van der Waals surface area contributed by atoms with Crippen molar-refractivity contribution in [3.63, 3.8) is 0 Å². The van der Waals surface area contributed by atoms with Crippen molar-refractivity contribution in [2.75, 3.05) is 19.8 Å². The summed E-state index contributed by atoms with van der Waals surface area (Å²) in [4.78, 5) is 24.3. The third-order valence-electron chi connectivity index (χ3n) is 10.2. The van der Waals surface area contributed by atoms with Gasteiger partial charge in [0.1, 0.15) is 6.61 Å². The Kier molecular flexibility index (Phi) is 41.8. The van der Waals surface area contributed by atoms with Crippen molar-refractivity contribution in [1.82, 2.24) is 0 Å². The first-order valence-corrected chi connectivity index (χ1v) is 22.7. The number of hydrogen-bond donors (Lipinski definition) is 2. The summed E-state index contributed by atoms with van der Waals surface area (Å²) in [5, 5.41) is 18.4. The molecule has 0 aromatic rings. The monoisotopic (exact) mass is 759 g/mol. The van der Waals surface area contributed by atoms with Gasteiger partial charge < -0.3 is 19.7 Å². The van der Waals surface area contributed by atoms with Crippen LogP contribution in [-0.2, 0) is 19.1 Å². The summed E-state index contributed by atoms with van der Waals surface area (Å²) >= 11 is 0. The van der Waals surface area contributed by atoms with Crippen LogP contribution in [0.2, 0.25) is 0 Å². The number of unbranched alkanes of at least 4 members (excludes halogenated alkanes) is 21. The van der Waals surface area contributed by atoms with Gasteiger partial charge in [-0.05, 0) is 63.7 Å². The van der Waals surface area contributed by atoms with Gasteiger partial charge in [-0.2, -0.15) is 0 Å². The lowest BCUT2D eigenvalue weighted by molar-refractivity contribution is -0.161. The van der Waals surface area contributed by atoms with Gasteiger partial charge in [0.15, 0.2) is 6.10 Å². The van der Waals surface area contributed by atoms with Gasteiger partial charge in [-0.15, -0.1) is 0 Å². The zero-order valence-corrected chi connectivity index (χ0v) is 35.3. The second-order valence-corrected chi connectivity index (χ2v) is 15.5. The molecule has 2 N–H and O–H groups in total. The van der Waals surface area contributed by atoms with Gasteiger partial charge in [-0.1, -0.05) is 191 Å². The van der Waals surface area contributed by atoms with Crippen molar-refractivity contribution in [3.05, 3.63) is 48.6 Å². The molecular weight excluding hydrogens is 673 g/mol. The first-order chi connectivity index (χ1) is 26.5. The van der Waals surface area contributed by atoms with Crippen molar-refractivity contribution >= 4 is 11.9 Å². The molecule has 0 saturated heterocycles. The molecule has 54 heavy (non-hydrogen) atoms. The van der Waals surface area contributed by atoms with Crippen LogP contribution in [0.15, 0.2) is 48.6 Å². The Labute approximate surface area is 333 Å². The van der Waals surface area contributed by atoms with Crippen LogP contribution in [-0.4, -0.2) is 48.1 Å². The number of aliphatic hydroxyl groups is 2. The van der Waals surface area contributed by atoms with Crippen molar-refractivity contribution < 1.29 is 29.3 Å². The minimum absolute atomic E-state index is 0.100. The Hall–Kier alpha value is -2.18. The summed E-state index contributed by atoms with van der Waals surface area (Å²) in [5.74, 6) is 0.245. The maximum Gasteiger partial charge on any atom is 0.306 e. The molecule has 0 radical (unpaired) electrons. The van der Waals surface area contributed by atoms with Crippen LogP contribution in [0.4, 0.5) is 0 Å². The molecule has 0 aromatic heterocycles. The quantitative estimate of drug-likeness (QED) is 0.0366. The molecule has 0 amide bonds. The Balaban J connectivity index is 3.58. The largest absolute Gasteiger partial charge is 0.462 e. The van der Waals surface area contributed by atoms with Crippen LogP contribution in [0.5, 0.6) is 0 Å². The average molecular weight is 759 g/mol. The molecule has 2 atom stereocenters. The molecule has 0 aliphatic carbocycles. The molecule has 0 spiro atoms. The fraction of sp³-hybridized carbons (Fsp3) is 0.792. The van der Waals surface area contributed by atoms with Gasteiger partial charge in [0.2, 0.25) is 0 Å². The molecule has 0 rings (SSSR count). The van der Waals surface area contributed by atoms with Crippen LogP contribution in [0.3, 0.4) is 0 Å². The topological polar surface area (TPSA) is 93.1 Å². The van der Waals surface area contributed by atoms with E-state index in [4.69, 9.17) is 14.6 Å². The van der Waals surface area contributed by atoms with E-state index in [2.05, 4.69) is 62.5 Å². The highest BCUT2D eigenvalue weighted by molar-refractivity contribution is 5.70. The Morgan fingerprint density at radius 3 is 1.37 bits per heavy atom. The Bertz CT molecular complexity index is 922. The van der Waals surface area contributed by atoms with Crippen molar-refractivity contribution in [2.45, 2.75) is 219 Å². The smallest absolute Gasteiger partial charge is 0.306 e. The number of aliphatic hydroxyl groups excluding tert-OH is 2. The Morgan fingerprint density at radius 2 is 0.907 bits per heavy atom. The van der Waals surface area contributed by atoms with Gasteiger partial charge >= 0.3 is 11.9 Å². The van der Waals surface area contributed by atoms with E-state index in [0.717, 1.165) is 76.5 Å². The molecule has 0 aromatic carbocycles. The highest BCUT2D eigenvalue weighted by Gasteiger charge is 2.16. The minimum atomic E-state index is -0.800. The Morgan fingerprint density at radius 1 is 0.500 bits per heavy atom. The second-order valence-electron chi connectivity index (χ2n) is 15.5. The van der Waals surface area contributed by atoms with Gasteiger partial charge in [0.25, 0.3) is 0 Å². The molecular formula is C48H86O6. The summed E-state index contributed by atoms with van der Waals surface area (Å²) in [6.07, 6.45) is 52.0. The highest BCUT2D eigenvalue weighted by atomic mass is 16.6. The van der Waals surface area contributed by atoms with Crippen LogP contribution in [0.25, 0.3) is 0 Å². The summed E-state index contributed by atoms with van der Waals surface area (Å²) in [6.45, 7) is 4.52. The average Bonchev–Trinajstić information content (AvgIpc) is 3.18. The zero-order valence-electron chi connectivity index (χ0n) is 35.3. The van der Waals surface area contributed by atoms with Gasteiger partial charge in [-0.25, -0.2) is 0 Å². The molecule has 0 fully saturated rings. The third-order valence-corrected chi connectivity index (χ3v) is 10.2. The lowest BCUT2D eigenvalue weighted by Crippen LogP contribution is -2.28. The van der Waals surface area contributed by atoms with Crippen LogP contribution < -0.4 is 0 Å². The predicted octanol–water partition coefficient (Wildman–Crippen LogP) is 13.4. The number of carbonyl (C=O) groups is 2. The molecule has 0 aliphatic rings. The molecule has 0 bridgehead atoms. The summed E-state index contributed by atoms with van der Waals surface area (Å²) in [6, 6.07) is 0. The van der Waals surface area contributed by atoms with Crippen LogP contribution >= 0.6 is 0 Å². The number of hydrogen-bond acceptors (Lipinski definition) is 6. The van der Waals surface area contributed by atoms with E-state index in [1.807, 2.05) is 0 Å². The van der Waals surface area contributed by atoms with Crippen molar-refractivity contribution in [3.8, 4) is 0 Å². The first kappa shape index (κ1) is 51.8. The molecule has 6 heteroatoms. The number of rotatable bonds is 41. The molecule has 0 heterocycles. The second kappa shape index (κ2) is 43.5. The molecule has 0 aliphatic heterocycles. The standard InChI is InChI=1S/C48H86O6/c1-3-45(2)39-35-31-27-23-19-15-11-7-4-5-8-13-17-21-25-29-33-37-41-48(52)54-46(43-50)44-53-47(51)40-36-32-28-24-20-16-12-9-6-10-14-18-22-26-30-34-38-42-49/h6,10,12,16,18,22,24,28,45-46,49-50H,3-5,7-9,11,13-15,17,19-21,23,25-27,29-44H2,1-2H3/b10-6-,16-12-,22-18-,28-24-/t45?,46-/m0/s1. The van der Waals surface area contributed by atoms with Gasteiger partial charge in [0, 0.05) is 19.4 Å². The van der Waals surface area contributed by atoms with E-state index in [1.165, 1.54) is 109 Å². The number of ether oxygens (including phenoxy) is 2. The molecule has 0 saturated carbocycles. The first-order valence-electron chi connectivity index (χ1n) is 22.7. The zero-order chi connectivity index (χ0) is 39.4. The predicted molar refractivity (Wildman–Crippen MR) is 230 cm³/mol. The highest BCUT2D eigenvalue weighted by Crippen LogP contribution is 2.17. The van der Waals surface area contributed by atoms with Gasteiger partial charge in [0.05, 0.1) is 6.61 Å². The fourth-order valence-electron chi connectivity index (χ4n) is 6.39. The van der Waals surface area contributed by atoms with Crippen molar-refractivity contribution in [2.24, 2.45) is 5.92 Å². The van der Waals surface area contributed by atoms with E-state index < -0.39 is 6.10 Å². The minimum Gasteiger partial charge on any atom is -0.462 e. The van der Waals surface area contributed by atoms with Crippen molar-refractivity contribution in [1.29, 1.82) is 0 Å². The van der Waals surface area contributed by atoms with E-state index in [9.17, 15) is 14.7 Å². The lowest BCUT2D eigenvalue weighted by atomic mass is 9.99. The van der Waals surface area contributed by atoms with E-state index >= 15 is 0 Å². The molecule has 6 nitrogen and oxygen atoms in total. The molecule has 314 valence electrons. The SMILES string of the molecule is CCC(C)CCCCCCCCCCCCCCCCCCCCC(=O)O[C@@H](CO)COC(=O)CCC/C=C\C/C=C\C/C=C\C/C=C\CCCCCO.